The van der Waals surface area contributed by atoms with E-state index >= 15 is 0 Å². The second kappa shape index (κ2) is 9.40. The Kier molecular flexibility index (Phi) is 6.93. The maximum absolute atomic E-state index is 12.3. The van der Waals surface area contributed by atoms with Gasteiger partial charge in [-0.1, -0.05) is 6.92 Å². The number of benzene rings is 1. The van der Waals surface area contributed by atoms with E-state index in [1.165, 1.54) is 0 Å². The summed E-state index contributed by atoms with van der Waals surface area (Å²) in [6.45, 7) is 4.72. The molecule has 152 valence electrons. The lowest BCUT2D eigenvalue weighted by Gasteiger charge is -2.42. The summed E-state index contributed by atoms with van der Waals surface area (Å²) in [5.74, 6) is 1.91. The number of fused-ring (bicyclic) bond motifs is 2. The third-order valence-corrected chi connectivity index (χ3v) is 6.06. The lowest BCUT2D eigenvalue weighted by atomic mass is 9.90. The number of aliphatic hydroxyl groups is 1. The van der Waals surface area contributed by atoms with Crippen LogP contribution in [-0.2, 0) is 4.79 Å². The number of hydrogen-bond acceptors (Lipinski definition) is 5. The van der Waals surface area contributed by atoms with Crippen LogP contribution in [0.5, 0.6) is 5.75 Å². The van der Waals surface area contributed by atoms with Gasteiger partial charge in [0.15, 0.2) is 0 Å². The SMILES string of the molecule is CCCC(=O)N(C)C1C2CCC1CN(CC(O)COc1ccc(C#N)cc1)C2. The quantitative estimate of drug-likeness (QED) is 0.743. The average Bonchev–Trinajstić information content (AvgIpc) is 2.96. The molecular formula is C22H31N3O3. The first-order valence-corrected chi connectivity index (χ1v) is 10.3. The summed E-state index contributed by atoms with van der Waals surface area (Å²) < 4.78 is 5.66. The molecular weight excluding hydrogens is 354 g/mol. The van der Waals surface area contributed by atoms with Gasteiger partial charge in [0.1, 0.15) is 18.5 Å². The number of carbonyl (C=O) groups excluding carboxylic acids is 1. The summed E-state index contributed by atoms with van der Waals surface area (Å²) in [6, 6.07) is 9.34. The van der Waals surface area contributed by atoms with Crippen molar-refractivity contribution in [3.8, 4) is 11.8 Å². The van der Waals surface area contributed by atoms with Gasteiger partial charge in [-0.3, -0.25) is 9.69 Å². The summed E-state index contributed by atoms with van der Waals surface area (Å²) >= 11 is 0. The van der Waals surface area contributed by atoms with Crippen LogP contribution in [0.15, 0.2) is 24.3 Å². The number of nitrogens with zero attached hydrogens (tertiary/aromatic N) is 3. The van der Waals surface area contributed by atoms with Crippen LogP contribution in [0.25, 0.3) is 0 Å². The number of aliphatic hydroxyl groups excluding tert-OH is 1. The van der Waals surface area contributed by atoms with Gasteiger partial charge in [0.25, 0.3) is 0 Å². The van der Waals surface area contributed by atoms with Gasteiger partial charge in [0.2, 0.25) is 5.91 Å². The highest BCUT2D eigenvalue weighted by molar-refractivity contribution is 5.76. The van der Waals surface area contributed by atoms with Gasteiger partial charge in [-0.05, 0) is 55.4 Å². The molecule has 1 N–H and O–H groups in total. The molecule has 2 bridgehead atoms. The highest BCUT2D eigenvalue weighted by Crippen LogP contribution is 2.39. The van der Waals surface area contributed by atoms with Crippen LogP contribution in [0.2, 0.25) is 0 Å². The summed E-state index contributed by atoms with van der Waals surface area (Å²) in [4.78, 5) is 16.6. The highest BCUT2D eigenvalue weighted by Gasteiger charge is 2.45. The molecule has 2 aliphatic rings. The number of amides is 1. The van der Waals surface area contributed by atoms with Crippen LogP contribution in [0.3, 0.4) is 0 Å². The number of nitriles is 1. The fourth-order valence-electron chi connectivity index (χ4n) is 4.80. The molecule has 1 amide bonds. The molecule has 0 radical (unpaired) electrons. The van der Waals surface area contributed by atoms with E-state index in [0.29, 0.717) is 42.2 Å². The first-order chi connectivity index (χ1) is 13.5. The molecule has 3 unspecified atom stereocenters. The van der Waals surface area contributed by atoms with E-state index < -0.39 is 6.10 Å². The predicted molar refractivity (Wildman–Crippen MR) is 107 cm³/mol. The topological polar surface area (TPSA) is 76.8 Å². The van der Waals surface area contributed by atoms with Gasteiger partial charge in [-0.15, -0.1) is 0 Å². The predicted octanol–water partition coefficient (Wildman–Crippen LogP) is 2.27. The molecule has 3 rings (SSSR count). The van der Waals surface area contributed by atoms with Gasteiger partial charge in [-0.25, -0.2) is 0 Å². The molecule has 6 heteroatoms. The fourth-order valence-corrected chi connectivity index (χ4v) is 4.80. The molecule has 1 aromatic carbocycles. The van der Waals surface area contributed by atoms with Crippen molar-refractivity contribution in [2.45, 2.75) is 44.8 Å². The summed E-state index contributed by atoms with van der Waals surface area (Å²) in [7, 11) is 1.96. The van der Waals surface area contributed by atoms with Crippen molar-refractivity contribution < 1.29 is 14.6 Å². The molecule has 1 saturated carbocycles. The second-order valence-electron chi connectivity index (χ2n) is 8.16. The molecule has 0 aromatic heterocycles. The van der Waals surface area contributed by atoms with Crippen molar-refractivity contribution in [1.82, 2.24) is 9.80 Å². The maximum atomic E-state index is 12.3. The summed E-state index contributed by atoms with van der Waals surface area (Å²) in [5.41, 5.74) is 0.591. The number of piperidine rings is 1. The van der Waals surface area contributed by atoms with Crippen molar-refractivity contribution in [3.63, 3.8) is 0 Å². The minimum Gasteiger partial charge on any atom is -0.491 e. The van der Waals surface area contributed by atoms with Crippen molar-refractivity contribution in [2.75, 3.05) is 33.3 Å². The van der Waals surface area contributed by atoms with Crippen LogP contribution in [0, 0.1) is 23.2 Å². The van der Waals surface area contributed by atoms with E-state index in [9.17, 15) is 9.90 Å². The number of β-amino-alcohol motifs (C(OH)–C–C–N with tert-alkyl or cyclic N) is 1. The van der Waals surface area contributed by atoms with Gasteiger partial charge < -0.3 is 14.7 Å². The summed E-state index contributed by atoms with van der Waals surface area (Å²) in [5, 5.41) is 19.2. The summed E-state index contributed by atoms with van der Waals surface area (Å²) in [6.07, 6.45) is 3.27. The monoisotopic (exact) mass is 385 g/mol. The van der Waals surface area contributed by atoms with Crippen LogP contribution >= 0.6 is 0 Å². The first-order valence-electron chi connectivity index (χ1n) is 10.3. The van der Waals surface area contributed by atoms with Gasteiger partial charge in [0.05, 0.1) is 11.6 Å². The molecule has 1 aromatic rings. The Morgan fingerprint density at radius 3 is 2.54 bits per heavy atom. The minimum atomic E-state index is -0.564. The molecule has 1 heterocycles. The van der Waals surface area contributed by atoms with Crippen molar-refractivity contribution in [1.29, 1.82) is 5.26 Å². The fraction of sp³-hybridized carbons (Fsp3) is 0.636. The van der Waals surface area contributed by atoms with Crippen molar-refractivity contribution >= 4 is 5.91 Å². The molecule has 2 fully saturated rings. The number of hydrogen-bond donors (Lipinski definition) is 1. The minimum absolute atomic E-state index is 0.232. The number of ether oxygens (including phenoxy) is 1. The van der Waals surface area contributed by atoms with Crippen LogP contribution in [0.4, 0.5) is 0 Å². The normalized spacial score (nSPS) is 25.1. The van der Waals surface area contributed by atoms with E-state index in [4.69, 9.17) is 10.00 Å². The van der Waals surface area contributed by atoms with Gasteiger partial charge >= 0.3 is 0 Å². The third kappa shape index (κ3) is 4.84. The second-order valence-corrected chi connectivity index (χ2v) is 8.16. The van der Waals surface area contributed by atoms with E-state index in [-0.39, 0.29) is 12.5 Å². The standard InChI is InChI=1S/C22H31N3O3/c1-3-4-21(27)24(2)22-17-7-8-18(22)13-25(12-17)14-19(26)15-28-20-9-5-16(11-23)6-10-20/h5-6,9-10,17-19,22,26H,3-4,7-8,12-15H2,1-2H3. The molecule has 1 aliphatic carbocycles. The van der Waals surface area contributed by atoms with Crippen molar-refractivity contribution in [2.24, 2.45) is 11.8 Å². The zero-order chi connectivity index (χ0) is 20.1. The van der Waals surface area contributed by atoms with Gasteiger partial charge in [-0.2, -0.15) is 5.26 Å². The molecule has 1 saturated heterocycles. The van der Waals surface area contributed by atoms with E-state index in [2.05, 4.69) is 11.0 Å². The number of rotatable bonds is 8. The van der Waals surface area contributed by atoms with E-state index in [1.54, 1.807) is 24.3 Å². The smallest absolute Gasteiger partial charge is 0.222 e. The van der Waals surface area contributed by atoms with E-state index in [0.717, 1.165) is 32.4 Å². The molecule has 0 spiro atoms. The number of likely N-dealkylation sites (tertiary alicyclic amines) is 1. The molecule has 28 heavy (non-hydrogen) atoms. The number of carbonyl (C=O) groups is 1. The Hall–Kier alpha value is -2.10. The zero-order valence-electron chi connectivity index (χ0n) is 16.9. The Balaban J connectivity index is 1.47. The Labute approximate surface area is 167 Å². The highest BCUT2D eigenvalue weighted by atomic mass is 16.5. The van der Waals surface area contributed by atoms with Gasteiger partial charge in [0, 0.05) is 39.1 Å². The van der Waals surface area contributed by atoms with Crippen LogP contribution < -0.4 is 4.74 Å². The Morgan fingerprint density at radius 2 is 1.96 bits per heavy atom. The molecule has 1 aliphatic heterocycles. The Bertz CT molecular complexity index is 686. The van der Waals surface area contributed by atoms with Crippen LogP contribution in [-0.4, -0.2) is 66.2 Å². The van der Waals surface area contributed by atoms with E-state index in [1.807, 2.05) is 18.9 Å². The third-order valence-electron chi connectivity index (χ3n) is 6.06. The lowest BCUT2D eigenvalue weighted by Crippen LogP contribution is -2.54. The Morgan fingerprint density at radius 1 is 1.32 bits per heavy atom. The first kappa shape index (κ1) is 20.6. The molecule has 6 nitrogen and oxygen atoms in total. The molecule has 3 atom stereocenters. The lowest BCUT2D eigenvalue weighted by molar-refractivity contribution is -0.135. The average molecular weight is 386 g/mol. The maximum Gasteiger partial charge on any atom is 0.222 e. The largest absolute Gasteiger partial charge is 0.491 e. The van der Waals surface area contributed by atoms with Crippen molar-refractivity contribution in [3.05, 3.63) is 29.8 Å². The zero-order valence-corrected chi connectivity index (χ0v) is 16.9. The van der Waals surface area contributed by atoms with Crippen LogP contribution in [0.1, 0.15) is 38.2 Å².